The number of benzene rings is 2. The lowest BCUT2D eigenvalue weighted by Crippen LogP contribution is -2.45. The lowest BCUT2D eigenvalue weighted by Gasteiger charge is -2.43. The van der Waals surface area contributed by atoms with Crippen LogP contribution in [0.15, 0.2) is 72.5 Å². The first-order valence-electron chi connectivity index (χ1n) is 12.0. The standard InChI is InChI=1S/C28H34F3N3O/c1-5-11-20(6-2)21(16-17-35)18-19(3)32-27-23-13-8-10-15-25(23)33-26(34(27)4)22-12-7-9-14-24(22)28(29,30)31/h7-10,12-17,20,26-27,32-33H,3,5-6,11,18H2,1-2,4H3/b21-16+. The van der Waals surface area contributed by atoms with Crippen LogP contribution in [0.2, 0.25) is 0 Å². The molecule has 4 nitrogen and oxygen atoms in total. The molecule has 0 bridgehead atoms. The lowest BCUT2D eigenvalue weighted by molar-refractivity contribution is -0.138. The van der Waals surface area contributed by atoms with Crippen LogP contribution in [0.5, 0.6) is 0 Å². The molecule has 2 aromatic carbocycles. The Bertz CT molecular complexity index is 1060. The van der Waals surface area contributed by atoms with Crippen molar-refractivity contribution in [3.63, 3.8) is 0 Å². The van der Waals surface area contributed by atoms with E-state index in [1.165, 1.54) is 12.1 Å². The monoisotopic (exact) mass is 485 g/mol. The summed E-state index contributed by atoms with van der Waals surface area (Å²) in [5.74, 6) is 0.285. The molecule has 0 aliphatic carbocycles. The van der Waals surface area contributed by atoms with Crippen LogP contribution in [-0.4, -0.2) is 18.2 Å². The van der Waals surface area contributed by atoms with Crippen LogP contribution in [0.4, 0.5) is 18.9 Å². The quantitative estimate of drug-likeness (QED) is 0.276. The number of carbonyl (C=O) groups is 1. The summed E-state index contributed by atoms with van der Waals surface area (Å²) in [4.78, 5) is 13.2. The van der Waals surface area contributed by atoms with Gasteiger partial charge in [-0.15, -0.1) is 0 Å². The maximum atomic E-state index is 13.8. The number of carbonyl (C=O) groups excluding carboxylic acids is 1. The van der Waals surface area contributed by atoms with Gasteiger partial charge < -0.3 is 10.6 Å². The van der Waals surface area contributed by atoms with E-state index >= 15 is 0 Å². The summed E-state index contributed by atoms with van der Waals surface area (Å²) in [7, 11) is 1.79. The smallest absolute Gasteiger partial charge is 0.369 e. The van der Waals surface area contributed by atoms with Gasteiger partial charge in [0.2, 0.25) is 0 Å². The van der Waals surface area contributed by atoms with Crippen LogP contribution in [0.1, 0.15) is 68.6 Å². The summed E-state index contributed by atoms with van der Waals surface area (Å²) in [6.07, 6.45) is 0.279. The van der Waals surface area contributed by atoms with E-state index < -0.39 is 24.1 Å². The highest BCUT2D eigenvalue weighted by Gasteiger charge is 2.39. The highest BCUT2D eigenvalue weighted by Crippen LogP contribution is 2.42. The molecule has 3 rings (SSSR count). The van der Waals surface area contributed by atoms with Crippen LogP contribution >= 0.6 is 0 Å². The van der Waals surface area contributed by atoms with Crippen molar-refractivity contribution in [2.24, 2.45) is 5.92 Å². The van der Waals surface area contributed by atoms with Crippen LogP contribution in [0.25, 0.3) is 0 Å². The zero-order chi connectivity index (χ0) is 25.6. The van der Waals surface area contributed by atoms with Gasteiger partial charge in [0.05, 0.1) is 5.56 Å². The first-order valence-corrected chi connectivity index (χ1v) is 12.0. The Morgan fingerprint density at radius 3 is 2.43 bits per heavy atom. The zero-order valence-electron chi connectivity index (χ0n) is 20.5. The van der Waals surface area contributed by atoms with Crippen LogP contribution in [0.3, 0.4) is 0 Å². The summed E-state index contributed by atoms with van der Waals surface area (Å²) >= 11 is 0. The third kappa shape index (κ3) is 6.14. The Morgan fingerprint density at radius 1 is 1.14 bits per heavy atom. The molecule has 1 heterocycles. The molecule has 1 aliphatic heterocycles. The number of nitrogens with zero attached hydrogens (tertiary/aromatic N) is 1. The molecule has 1 aliphatic rings. The SMILES string of the molecule is C=C(C/C(=C\C=O)C(CC)CCC)NC1c2ccccc2NC(c2ccccc2C(F)(F)F)N1C. The number of hydrogen-bond donors (Lipinski definition) is 2. The van der Waals surface area contributed by atoms with Gasteiger partial charge in [-0.25, -0.2) is 0 Å². The van der Waals surface area contributed by atoms with Gasteiger partial charge in [-0.2, -0.15) is 13.2 Å². The van der Waals surface area contributed by atoms with Gasteiger partial charge >= 0.3 is 6.18 Å². The number of rotatable bonds is 10. The molecule has 0 amide bonds. The van der Waals surface area contributed by atoms with Crippen LogP contribution in [-0.2, 0) is 11.0 Å². The molecule has 0 radical (unpaired) electrons. The van der Waals surface area contributed by atoms with Gasteiger partial charge in [0.1, 0.15) is 18.6 Å². The Morgan fingerprint density at radius 2 is 1.80 bits per heavy atom. The van der Waals surface area contributed by atoms with E-state index in [1.54, 1.807) is 19.2 Å². The van der Waals surface area contributed by atoms with Gasteiger partial charge in [0, 0.05) is 28.9 Å². The fourth-order valence-corrected chi connectivity index (χ4v) is 4.87. The number of anilines is 1. The third-order valence-electron chi connectivity index (χ3n) is 6.62. The van der Waals surface area contributed by atoms with Crippen molar-refractivity contribution in [1.29, 1.82) is 0 Å². The molecule has 0 saturated carbocycles. The first-order chi connectivity index (χ1) is 16.7. The molecule has 2 aromatic rings. The summed E-state index contributed by atoms with van der Waals surface area (Å²) < 4.78 is 41.4. The predicted molar refractivity (Wildman–Crippen MR) is 134 cm³/mol. The fourth-order valence-electron chi connectivity index (χ4n) is 4.87. The van der Waals surface area contributed by atoms with E-state index in [2.05, 4.69) is 31.1 Å². The summed E-state index contributed by atoms with van der Waals surface area (Å²) in [5, 5.41) is 6.73. The molecule has 3 unspecified atom stereocenters. The predicted octanol–water partition coefficient (Wildman–Crippen LogP) is 7.21. The second kappa shape index (κ2) is 11.6. The number of nitrogens with one attached hydrogen (secondary N) is 2. The molecule has 35 heavy (non-hydrogen) atoms. The zero-order valence-corrected chi connectivity index (χ0v) is 20.5. The van der Waals surface area contributed by atoms with Crippen molar-refractivity contribution >= 4 is 12.0 Å². The van der Waals surface area contributed by atoms with E-state index in [-0.39, 0.29) is 11.5 Å². The van der Waals surface area contributed by atoms with E-state index in [0.717, 1.165) is 48.4 Å². The Labute approximate surface area is 205 Å². The molecule has 188 valence electrons. The lowest BCUT2D eigenvalue weighted by atomic mass is 9.88. The van der Waals surface area contributed by atoms with Gasteiger partial charge in [0.25, 0.3) is 0 Å². The van der Waals surface area contributed by atoms with Crippen LogP contribution in [0, 0.1) is 5.92 Å². The van der Waals surface area contributed by atoms with E-state index in [4.69, 9.17) is 0 Å². The first kappa shape index (κ1) is 26.5. The Balaban J connectivity index is 1.93. The van der Waals surface area contributed by atoms with Crippen molar-refractivity contribution in [3.05, 3.63) is 89.1 Å². The topological polar surface area (TPSA) is 44.4 Å². The van der Waals surface area contributed by atoms with Gasteiger partial charge in [0.15, 0.2) is 0 Å². The second-order valence-corrected chi connectivity index (χ2v) is 8.98. The maximum absolute atomic E-state index is 13.8. The fraction of sp³-hybridized carbons (Fsp3) is 0.393. The highest BCUT2D eigenvalue weighted by atomic mass is 19.4. The minimum Gasteiger partial charge on any atom is -0.369 e. The highest BCUT2D eigenvalue weighted by molar-refractivity contribution is 5.66. The normalized spacial score (nSPS) is 19.4. The largest absolute Gasteiger partial charge is 0.416 e. The molecule has 7 heteroatoms. The number of aldehydes is 1. The maximum Gasteiger partial charge on any atom is 0.416 e. The van der Waals surface area contributed by atoms with Gasteiger partial charge in [-0.1, -0.05) is 68.8 Å². The van der Waals surface area contributed by atoms with Gasteiger partial charge in [-0.3, -0.25) is 9.69 Å². The van der Waals surface area contributed by atoms with Crippen molar-refractivity contribution in [3.8, 4) is 0 Å². The van der Waals surface area contributed by atoms with Crippen molar-refractivity contribution < 1.29 is 18.0 Å². The van der Waals surface area contributed by atoms with Crippen molar-refractivity contribution in [2.75, 3.05) is 12.4 Å². The average Bonchev–Trinajstić information content (AvgIpc) is 2.83. The number of hydrogen-bond acceptors (Lipinski definition) is 4. The molecule has 0 fully saturated rings. The summed E-state index contributed by atoms with van der Waals surface area (Å²) in [5.41, 5.74) is 2.90. The second-order valence-electron chi connectivity index (χ2n) is 8.98. The number of allylic oxidation sites excluding steroid dienone is 2. The molecule has 0 aromatic heterocycles. The number of para-hydroxylation sites is 1. The summed E-state index contributed by atoms with van der Waals surface area (Å²) in [6, 6.07) is 13.2. The van der Waals surface area contributed by atoms with E-state index in [1.807, 2.05) is 29.2 Å². The van der Waals surface area contributed by atoms with Crippen molar-refractivity contribution in [1.82, 2.24) is 10.2 Å². The summed E-state index contributed by atoms with van der Waals surface area (Å²) in [6.45, 7) is 8.44. The molecule has 0 saturated heterocycles. The average molecular weight is 486 g/mol. The van der Waals surface area contributed by atoms with Crippen molar-refractivity contribution in [2.45, 2.75) is 58.0 Å². The number of alkyl halides is 3. The molecular formula is C28H34F3N3O. The molecular weight excluding hydrogens is 451 g/mol. The minimum absolute atomic E-state index is 0.157. The third-order valence-corrected chi connectivity index (χ3v) is 6.62. The Kier molecular flexibility index (Phi) is 8.78. The Hall–Kier alpha value is -3.06. The van der Waals surface area contributed by atoms with Gasteiger partial charge in [-0.05, 0) is 44.0 Å². The number of halogens is 3. The molecule has 2 N–H and O–H groups in total. The van der Waals surface area contributed by atoms with E-state index in [9.17, 15) is 18.0 Å². The molecule has 3 atom stereocenters. The number of fused-ring (bicyclic) bond motifs is 1. The minimum atomic E-state index is -4.47. The van der Waals surface area contributed by atoms with E-state index in [0.29, 0.717) is 12.1 Å². The van der Waals surface area contributed by atoms with Crippen LogP contribution < -0.4 is 10.6 Å². The molecule has 0 spiro atoms.